The highest BCUT2D eigenvalue weighted by Gasteiger charge is 2.17. The van der Waals surface area contributed by atoms with E-state index >= 15 is 0 Å². The minimum atomic E-state index is -1.17. The SMILES string of the molecule is CCOc1ccc(C(=O)C(O)CNC)cc1F. The molecule has 1 aromatic carbocycles. The van der Waals surface area contributed by atoms with Crippen molar-refractivity contribution < 1.29 is 19.0 Å². The van der Waals surface area contributed by atoms with Crippen molar-refractivity contribution in [3.8, 4) is 5.75 Å². The number of aliphatic hydroxyl groups is 1. The zero-order valence-corrected chi connectivity index (χ0v) is 9.87. The van der Waals surface area contributed by atoms with Crippen LogP contribution in [0.3, 0.4) is 0 Å². The lowest BCUT2D eigenvalue weighted by atomic mass is 10.1. The molecule has 17 heavy (non-hydrogen) atoms. The van der Waals surface area contributed by atoms with Gasteiger partial charge in [0.1, 0.15) is 6.10 Å². The van der Waals surface area contributed by atoms with Crippen LogP contribution in [0.25, 0.3) is 0 Å². The van der Waals surface area contributed by atoms with E-state index in [1.54, 1.807) is 14.0 Å². The largest absolute Gasteiger partial charge is 0.491 e. The predicted molar refractivity (Wildman–Crippen MR) is 61.8 cm³/mol. The van der Waals surface area contributed by atoms with Crippen LogP contribution in [0.5, 0.6) is 5.75 Å². The molecule has 0 aromatic heterocycles. The van der Waals surface area contributed by atoms with E-state index in [0.717, 1.165) is 6.07 Å². The lowest BCUT2D eigenvalue weighted by Gasteiger charge is -2.10. The first-order chi connectivity index (χ1) is 8.10. The number of nitrogens with one attached hydrogen (secondary N) is 1. The lowest BCUT2D eigenvalue weighted by molar-refractivity contribution is 0.0750. The van der Waals surface area contributed by atoms with Gasteiger partial charge >= 0.3 is 0 Å². The molecule has 0 saturated heterocycles. The molecule has 2 N–H and O–H groups in total. The van der Waals surface area contributed by atoms with Gasteiger partial charge in [0, 0.05) is 12.1 Å². The van der Waals surface area contributed by atoms with Crippen LogP contribution < -0.4 is 10.1 Å². The Kier molecular flexibility index (Phi) is 5.06. The van der Waals surface area contributed by atoms with Crippen molar-refractivity contribution in [2.45, 2.75) is 13.0 Å². The Bertz CT molecular complexity index is 395. The van der Waals surface area contributed by atoms with Crippen molar-refractivity contribution >= 4 is 5.78 Å². The monoisotopic (exact) mass is 241 g/mol. The van der Waals surface area contributed by atoms with Crippen molar-refractivity contribution in [3.05, 3.63) is 29.6 Å². The summed E-state index contributed by atoms with van der Waals surface area (Å²) in [6, 6.07) is 3.90. The van der Waals surface area contributed by atoms with Crippen LogP contribution in [0.1, 0.15) is 17.3 Å². The van der Waals surface area contributed by atoms with Crippen molar-refractivity contribution in [2.75, 3.05) is 20.2 Å². The third-order valence-corrected chi connectivity index (χ3v) is 2.22. The van der Waals surface area contributed by atoms with Crippen LogP contribution in [0.2, 0.25) is 0 Å². The summed E-state index contributed by atoms with van der Waals surface area (Å²) in [6.45, 7) is 2.23. The normalized spacial score (nSPS) is 12.2. The van der Waals surface area contributed by atoms with Gasteiger partial charge in [-0.15, -0.1) is 0 Å². The minimum absolute atomic E-state index is 0.104. The Morgan fingerprint density at radius 2 is 2.29 bits per heavy atom. The molecule has 0 fully saturated rings. The quantitative estimate of drug-likeness (QED) is 0.729. The summed E-state index contributed by atoms with van der Waals surface area (Å²) < 4.78 is 18.5. The molecule has 94 valence electrons. The van der Waals surface area contributed by atoms with Crippen LogP contribution in [0, 0.1) is 5.82 Å². The Labute approximate surface area is 99.4 Å². The Hall–Kier alpha value is -1.46. The molecular weight excluding hydrogens is 225 g/mol. The predicted octanol–water partition coefficient (Wildman–Crippen LogP) is 0.987. The number of ketones is 1. The molecule has 0 bridgehead atoms. The number of carbonyl (C=O) groups is 1. The summed E-state index contributed by atoms with van der Waals surface area (Å²) in [6.07, 6.45) is -1.17. The number of likely N-dealkylation sites (N-methyl/N-ethyl adjacent to an activating group) is 1. The molecule has 4 nitrogen and oxygen atoms in total. The van der Waals surface area contributed by atoms with Crippen molar-refractivity contribution in [1.29, 1.82) is 0 Å². The van der Waals surface area contributed by atoms with Crippen molar-refractivity contribution in [1.82, 2.24) is 5.32 Å². The fraction of sp³-hybridized carbons (Fsp3) is 0.417. The maximum atomic E-state index is 13.5. The maximum Gasteiger partial charge on any atom is 0.192 e. The number of carbonyl (C=O) groups excluding carboxylic acids is 1. The average molecular weight is 241 g/mol. The van der Waals surface area contributed by atoms with Gasteiger partial charge in [-0.3, -0.25) is 4.79 Å². The number of halogens is 1. The topological polar surface area (TPSA) is 58.6 Å². The fourth-order valence-corrected chi connectivity index (χ4v) is 1.41. The molecular formula is C12H16FNO3. The van der Waals surface area contributed by atoms with Gasteiger partial charge in [0.25, 0.3) is 0 Å². The molecule has 0 spiro atoms. The first kappa shape index (κ1) is 13.6. The van der Waals surface area contributed by atoms with E-state index in [9.17, 15) is 14.3 Å². The minimum Gasteiger partial charge on any atom is -0.491 e. The molecule has 0 aliphatic carbocycles. The number of rotatable bonds is 6. The first-order valence-corrected chi connectivity index (χ1v) is 5.39. The van der Waals surface area contributed by atoms with Gasteiger partial charge in [0.05, 0.1) is 6.61 Å². The van der Waals surface area contributed by atoms with E-state index in [-0.39, 0.29) is 17.9 Å². The molecule has 0 radical (unpaired) electrons. The molecule has 0 heterocycles. The molecule has 1 aromatic rings. The molecule has 1 atom stereocenters. The highest BCUT2D eigenvalue weighted by molar-refractivity contribution is 5.99. The van der Waals surface area contributed by atoms with Gasteiger partial charge in [-0.25, -0.2) is 4.39 Å². The molecule has 0 aliphatic rings. The van der Waals surface area contributed by atoms with Gasteiger partial charge in [-0.05, 0) is 32.2 Å². The molecule has 0 aliphatic heterocycles. The van der Waals surface area contributed by atoms with E-state index < -0.39 is 17.7 Å². The average Bonchev–Trinajstić information content (AvgIpc) is 2.31. The third kappa shape index (κ3) is 3.51. The zero-order valence-electron chi connectivity index (χ0n) is 9.87. The highest BCUT2D eigenvalue weighted by atomic mass is 19.1. The van der Waals surface area contributed by atoms with Gasteiger partial charge < -0.3 is 15.2 Å². The molecule has 5 heteroatoms. The smallest absolute Gasteiger partial charge is 0.192 e. The van der Waals surface area contributed by atoms with Crippen molar-refractivity contribution in [2.24, 2.45) is 0 Å². The number of ether oxygens (including phenoxy) is 1. The Morgan fingerprint density at radius 3 is 2.82 bits per heavy atom. The summed E-state index contributed by atoms with van der Waals surface area (Å²) in [7, 11) is 1.62. The maximum absolute atomic E-state index is 13.5. The van der Waals surface area contributed by atoms with Crippen LogP contribution in [-0.4, -0.2) is 37.2 Å². The summed E-state index contributed by atoms with van der Waals surface area (Å²) in [5.41, 5.74) is 0.133. The van der Waals surface area contributed by atoms with Gasteiger partial charge in [0.2, 0.25) is 0 Å². The second kappa shape index (κ2) is 6.32. The summed E-state index contributed by atoms with van der Waals surface area (Å²) >= 11 is 0. The number of Topliss-reactive ketones (excluding diaryl/α,β-unsaturated/α-hetero) is 1. The highest BCUT2D eigenvalue weighted by Crippen LogP contribution is 2.19. The van der Waals surface area contributed by atoms with Crippen molar-refractivity contribution in [3.63, 3.8) is 0 Å². The molecule has 0 saturated carbocycles. The second-order valence-corrected chi connectivity index (χ2v) is 3.52. The summed E-state index contributed by atoms with van der Waals surface area (Å²) in [5.74, 6) is -1.01. The van der Waals surface area contributed by atoms with E-state index in [2.05, 4.69) is 5.32 Å². The molecule has 0 amide bonds. The van der Waals surface area contributed by atoms with Gasteiger partial charge in [0.15, 0.2) is 17.3 Å². The van der Waals surface area contributed by atoms with E-state index in [4.69, 9.17) is 4.74 Å². The summed E-state index contributed by atoms with van der Waals surface area (Å²) in [4.78, 5) is 11.7. The Balaban J connectivity index is 2.85. The van der Waals surface area contributed by atoms with Gasteiger partial charge in [-0.2, -0.15) is 0 Å². The number of benzene rings is 1. The molecule has 1 unspecified atom stereocenters. The van der Waals surface area contributed by atoms with Crippen LogP contribution >= 0.6 is 0 Å². The Morgan fingerprint density at radius 1 is 1.59 bits per heavy atom. The zero-order chi connectivity index (χ0) is 12.8. The van der Waals surface area contributed by atoms with Crippen LogP contribution in [-0.2, 0) is 0 Å². The van der Waals surface area contributed by atoms with E-state index in [1.807, 2.05) is 0 Å². The third-order valence-electron chi connectivity index (χ3n) is 2.22. The standard InChI is InChI=1S/C12H16FNO3/c1-3-17-11-5-4-8(6-9(11)13)12(16)10(15)7-14-2/h4-6,10,14-15H,3,7H2,1-2H3. The lowest BCUT2D eigenvalue weighted by Crippen LogP contribution is -2.31. The number of hydrogen-bond donors (Lipinski definition) is 2. The number of aliphatic hydroxyl groups excluding tert-OH is 1. The van der Waals surface area contributed by atoms with E-state index in [0.29, 0.717) is 6.61 Å². The first-order valence-electron chi connectivity index (χ1n) is 5.39. The second-order valence-electron chi connectivity index (χ2n) is 3.52. The van der Waals surface area contributed by atoms with E-state index in [1.165, 1.54) is 12.1 Å². The fourth-order valence-electron chi connectivity index (χ4n) is 1.41. The van der Waals surface area contributed by atoms with Crippen LogP contribution in [0.4, 0.5) is 4.39 Å². The van der Waals surface area contributed by atoms with Gasteiger partial charge in [-0.1, -0.05) is 0 Å². The molecule has 1 rings (SSSR count). The van der Waals surface area contributed by atoms with Crippen LogP contribution in [0.15, 0.2) is 18.2 Å². The summed E-state index contributed by atoms with van der Waals surface area (Å²) in [5, 5.41) is 12.1. The number of hydrogen-bond acceptors (Lipinski definition) is 4.